The third-order valence-corrected chi connectivity index (χ3v) is 2.26. The van der Waals surface area contributed by atoms with Crippen molar-refractivity contribution >= 4 is 25.3 Å². The molecule has 0 unspecified atom stereocenters. The Hall–Kier alpha value is -0.160. The van der Waals surface area contributed by atoms with E-state index in [1.807, 2.05) is 0 Å². The first kappa shape index (κ1) is 10.9. The Bertz CT molecular complexity index is 267. The van der Waals surface area contributed by atoms with Crippen LogP contribution in [0.1, 0.15) is 32.2 Å². The molecule has 5 heteroatoms. The zero-order valence-corrected chi connectivity index (χ0v) is 9.94. The maximum Gasteiger partial charge on any atom is 0.0964 e. The number of nitrogens with zero attached hydrogens (tertiary/aromatic N) is 3. The molecule has 0 amide bonds. The maximum atomic E-state index is 4.35. The molecule has 0 spiro atoms. The minimum Gasteiger partial charge on any atom is -0.179 e. The quantitative estimate of drug-likeness (QED) is 0.741. The fraction of sp³-hybridized carbons (Fsp3) is 0.750. The van der Waals surface area contributed by atoms with Crippen molar-refractivity contribution in [2.45, 2.75) is 37.8 Å². The molecule has 0 aliphatic heterocycles. The Morgan fingerprint density at radius 1 is 1.08 bits per heavy atom. The van der Waals surface area contributed by atoms with E-state index in [1.54, 1.807) is 4.80 Å². The average molecular weight is 217 g/mol. The highest BCUT2D eigenvalue weighted by Crippen LogP contribution is 2.15. The molecule has 0 saturated carbocycles. The van der Waals surface area contributed by atoms with Crippen molar-refractivity contribution in [3.8, 4) is 0 Å². The Balaban J connectivity index is 3.07. The van der Waals surface area contributed by atoms with E-state index in [0.717, 1.165) is 11.4 Å². The number of rotatable bonds is 2. The minimum atomic E-state index is -0.0705. The second-order valence-electron chi connectivity index (χ2n) is 3.87. The number of hydrogen-bond donors (Lipinski definition) is 2. The highest BCUT2D eigenvalue weighted by Gasteiger charge is 2.18. The molecular weight excluding hydrogens is 202 g/mol. The molecule has 1 aromatic heterocycles. The molecule has 1 rings (SSSR count). The second-order valence-corrected chi connectivity index (χ2v) is 4.50. The van der Waals surface area contributed by atoms with Gasteiger partial charge in [0.15, 0.2) is 0 Å². The largest absolute Gasteiger partial charge is 0.179 e. The summed E-state index contributed by atoms with van der Waals surface area (Å²) in [5, 5.41) is 8.70. The maximum absolute atomic E-state index is 4.35. The summed E-state index contributed by atoms with van der Waals surface area (Å²) in [4.78, 5) is 1.73. The molecular formula is C8H15N3S2. The van der Waals surface area contributed by atoms with Crippen molar-refractivity contribution < 1.29 is 0 Å². The van der Waals surface area contributed by atoms with Gasteiger partial charge in [-0.2, -0.15) is 40.3 Å². The molecule has 74 valence electrons. The summed E-state index contributed by atoms with van der Waals surface area (Å²) >= 11 is 8.39. The van der Waals surface area contributed by atoms with Crippen molar-refractivity contribution in [2.75, 3.05) is 0 Å². The Morgan fingerprint density at radius 3 is 1.69 bits per heavy atom. The van der Waals surface area contributed by atoms with Crippen LogP contribution in [-0.2, 0) is 17.0 Å². The zero-order valence-electron chi connectivity index (χ0n) is 8.15. The fourth-order valence-corrected chi connectivity index (χ4v) is 1.40. The highest BCUT2D eigenvalue weighted by molar-refractivity contribution is 7.79. The van der Waals surface area contributed by atoms with Crippen LogP contribution in [-0.4, -0.2) is 15.0 Å². The predicted molar refractivity (Wildman–Crippen MR) is 60.4 cm³/mol. The van der Waals surface area contributed by atoms with Gasteiger partial charge >= 0.3 is 0 Å². The number of aromatic nitrogens is 3. The van der Waals surface area contributed by atoms with Crippen molar-refractivity contribution in [1.29, 1.82) is 0 Å². The van der Waals surface area contributed by atoms with E-state index in [-0.39, 0.29) is 5.54 Å². The molecule has 0 saturated heterocycles. The first-order valence-corrected chi connectivity index (χ1v) is 5.43. The standard InChI is InChI=1S/C8H15N3S2/c1-8(2,3)11-9-6(4-12)7(5-13)10-11/h12-13H,4-5H2,1-3H3. The van der Waals surface area contributed by atoms with E-state index in [1.165, 1.54) is 0 Å². The smallest absolute Gasteiger partial charge is 0.0964 e. The molecule has 0 fully saturated rings. The number of thiol groups is 2. The minimum absolute atomic E-state index is 0.0705. The summed E-state index contributed by atoms with van der Waals surface area (Å²) in [6, 6.07) is 0. The van der Waals surface area contributed by atoms with Crippen LogP contribution in [0.15, 0.2) is 0 Å². The molecule has 1 heterocycles. The number of hydrogen-bond acceptors (Lipinski definition) is 4. The third kappa shape index (κ3) is 2.40. The molecule has 3 nitrogen and oxygen atoms in total. The van der Waals surface area contributed by atoms with Gasteiger partial charge in [-0.1, -0.05) is 0 Å². The van der Waals surface area contributed by atoms with Crippen LogP contribution >= 0.6 is 25.3 Å². The van der Waals surface area contributed by atoms with Gasteiger partial charge in [0.05, 0.1) is 16.9 Å². The highest BCUT2D eigenvalue weighted by atomic mass is 32.1. The van der Waals surface area contributed by atoms with Gasteiger partial charge in [0, 0.05) is 11.5 Å². The SMILES string of the molecule is CC(C)(C)n1nc(CS)c(CS)n1. The van der Waals surface area contributed by atoms with Crippen LogP contribution < -0.4 is 0 Å². The van der Waals surface area contributed by atoms with Crippen LogP contribution in [0.3, 0.4) is 0 Å². The van der Waals surface area contributed by atoms with Crippen molar-refractivity contribution in [1.82, 2.24) is 15.0 Å². The monoisotopic (exact) mass is 217 g/mol. The van der Waals surface area contributed by atoms with Gasteiger partial charge in [-0.15, -0.1) is 0 Å². The van der Waals surface area contributed by atoms with Crippen LogP contribution in [0, 0.1) is 0 Å². The Kier molecular flexibility index (Phi) is 3.29. The molecule has 1 aromatic rings. The Labute approximate surface area is 89.7 Å². The van der Waals surface area contributed by atoms with Crippen molar-refractivity contribution in [3.63, 3.8) is 0 Å². The van der Waals surface area contributed by atoms with E-state index in [4.69, 9.17) is 0 Å². The van der Waals surface area contributed by atoms with Gasteiger partial charge in [0.2, 0.25) is 0 Å². The summed E-state index contributed by atoms with van der Waals surface area (Å²) in [6.07, 6.45) is 0. The van der Waals surface area contributed by atoms with Gasteiger partial charge in [-0.05, 0) is 20.8 Å². The first-order chi connectivity index (χ1) is 5.99. The lowest BCUT2D eigenvalue weighted by molar-refractivity contribution is 0.310. The molecule has 0 aliphatic rings. The predicted octanol–water partition coefficient (Wildman–Crippen LogP) is 1.89. The summed E-state index contributed by atoms with van der Waals surface area (Å²) < 4.78 is 0. The molecule has 13 heavy (non-hydrogen) atoms. The molecule has 0 bridgehead atoms. The third-order valence-electron chi connectivity index (χ3n) is 1.66. The lowest BCUT2D eigenvalue weighted by Crippen LogP contribution is -2.24. The van der Waals surface area contributed by atoms with Gasteiger partial charge in [0.1, 0.15) is 0 Å². The Morgan fingerprint density at radius 2 is 1.46 bits per heavy atom. The van der Waals surface area contributed by atoms with E-state index in [0.29, 0.717) is 11.5 Å². The van der Waals surface area contributed by atoms with Crippen LogP contribution in [0.25, 0.3) is 0 Å². The van der Waals surface area contributed by atoms with Crippen molar-refractivity contribution in [3.05, 3.63) is 11.4 Å². The van der Waals surface area contributed by atoms with Gasteiger partial charge in [-0.25, -0.2) is 0 Å². The topological polar surface area (TPSA) is 30.7 Å². The summed E-state index contributed by atoms with van der Waals surface area (Å²) in [5.41, 5.74) is 1.78. The molecule has 0 radical (unpaired) electrons. The summed E-state index contributed by atoms with van der Waals surface area (Å²) in [7, 11) is 0. The molecule has 0 N–H and O–H groups in total. The molecule has 0 atom stereocenters. The molecule has 0 aromatic carbocycles. The van der Waals surface area contributed by atoms with Crippen LogP contribution in [0.2, 0.25) is 0 Å². The first-order valence-electron chi connectivity index (χ1n) is 4.16. The fourth-order valence-electron chi connectivity index (χ4n) is 0.912. The van der Waals surface area contributed by atoms with E-state index >= 15 is 0 Å². The van der Waals surface area contributed by atoms with Crippen LogP contribution in [0.4, 0.5) is 0 Å². The van der Waals surface area contributed by atoms with Gasteiger partial charge < -0.3 is 0 Å². The van der Waals surface area contributed by atoms with E-state index < -0.39 is 0 Å². The lowest BCUT2D eigenvalue weighted by atomic mass is 10.1. The summed E-state index contributed by atoms with van der Waals surface area (Å²) in [6.45, 7) is 6.20. The molecule has 0 aliphatic carbocycles. The van der Waals surface area contributed by atoms with Gasteiger partial charge in [0.25, 0.3) is 0 Å². The second kappa shape index (κ2) is 3.92. The zero-order chi connectivity index (χ0) is 10.1. The normalized spacial score (nSPS) is 12.1. The lowest BCUT2D eigenvalue weighted by Gasteiger charge is -2.16. The van der Waals surface area contributed by atoms with E-state index in [2.05, 4.69) is 56.2 Å². The van der Waals surface area contributed by atoms with E-state index in [9.17, 15) is 0 Å². The van der Waals surface area contributed by atoms with Crippen molar-refractivity contribution in [2.24, 2.45) is 0 Å². The summed E-state index contributed by atoms with van der Waals surface area (Å²) in [5.74, 6) is 1.23. The van der Waals surface area contributed by atoms with Gasteiger partial charge in [-0.3, -0.25) is 0 Å². The van der Waals surface area contributed by atoms with Crippen LogP contribution in [0.5, 0.6) is 0 Å². The average Bonchev–Trinajstić information content (AvgIpc) is 2.45.